The predicted octanol–water partition coefficient (Wildman–Crippen LogP) is 3.32. The number of nitrogens with one attached hydrogen (secondary N) is 1. The highest BCUT2D eigenvalue weighted by molar-refractivity contribution is 6.05. The van der Waals surface area contributed by atoms with Gasteiger partial charge in [0.15, 0.2) is 0 Å². The standard InChI is InChI=1S/C24H25FN6O/c1-30-15-19(17-7-9-18(25)10-8-17)22(29-30)24(32)23(20-5-3-4-12-27-20)31(2)21-11-6-16(13-26)14-28-21/h6-11,14-15,20,23,27H,3-5,12H2,1-2H3/t20?,23-/m0/s1. The van der Waals surface area contributed by atoms with Crippen molar-refractivity contribution in [3.05, 3.63) is 65.9 Å². The van der Waals surface area contributed by atoms with Crippen molar-refractivity contribution >= 4 is 11.6 Å². The fourth-order valence-electron chi connectivity index (χ4n) is 4.23. The molecule has 1 aliphatic heterocycles. The van der Waals surface area contributed by atoms with Crippen LogP contribution in [0.4, 0.5) is 10.2 Å². The van der Waals surface area contributed by atoms with Crippen molar-refractivity contribution in [2.24, 2.45) is 7.05 Å². The molecule has 1 fully saturated rings. The molecule has 0 aliphatic carbocycles. The van der Waals surface area contributed by atoms with Gasteiger partial charge in [-0.15, -0.1) is 0 Å². The molecule has 1 aromatic carbocycles. The van der Waals surface area contributed by atoms with Crippen LogP contribution >= 0.6 is 0 Å². The number of nitriles is 1. The maximum Gasteiger partial charge on any atom is 0.207 e. The number of benzene rings is 1. The van der Waals surface area contributed by atoms with E-state index in [1.54, 1.807) is 42.2 Å². The molecule has 1 N–H and O–H groups in total. The molecule has 0 bridgehead atoms. The van der Waals surface area contributed by atoms with E-state index in [9.17, 15) is 9.18 Å². The van der Waals surface area contributed by atoms with E-state index in [2.05, 4.69) is 21.5 Å². The minimum Gasteiger partial charge on any atom is -0.348 e. The monoisotopic (exact) mass is 432 g/mol. The van der Waals surface area contributed by atoms with Gasteiger partial charge in [-0.3, -0.25) is 9.48 Å². The molecule has 8 heteroatoms. The van der Waals surface area contributed by atoms with Crippen LogP contribution in [0.2, 0.25) is 0 Å². The number of aryl methyl sites for hydroxylation is 1. The molecule has 1 saturated heterocycles. The van der Waals surface area contributed by atoms with Crippen molar-refractivity contribution in [3.8, 4) is 17.2 Å². The average Bonchev–Trinajstić information content (AvgIpc) is 3.22. The third kappa shape index (κ3) is 4.39. The van der Waals surface area contributed by atoms with E-state index in [1.807, 2.05) is 11.9 Å². The first-order valence-electron chi connectivity index (χ1n) is 10.6. The maximum atomic E-state index is 13.9. The van der Waals surface area contributed by atoms with Crippen molar-refractivity contribution < 1.29 is 9.18 Å². The number of carbonyl (C=O) groups excluding carboxylic acids is 1. The van der Waals surface area contributed by atoms with Gasteiger partial charge < -0.3 is 10.2 Å². The smallest absolute Gasteiger partial charge is 0.207 e. The Morgan fingerprint density at radius 3 is 2.69 bits per heavy atom. The fourth-order valence-corrected chi connectivity index (χ4v) is 4.23. The number of Topliss-reactive ketones (excluding diaryl/α,β-unsaturated/α-hetero) is 1. The lowest BCUT2D eigenvalue weighted by Crippen LogP contribution is -2.55. The summed E-state index contributed by atoms with van der Waals surface area (Å²) in [5, 5.41) is 17.0. The third-order valence-corrected chi connectivity index (χ3v) is 5.87. The van der Waals surface area contributed by atoms with E-state index in [1.165, 1.54) is 18.3 Å². The van der Waals surface area contributed by atoms with Crippen molar-refractivity contribution in [2.45, 2.75) is 31.3 Å². The van der Waals surface area contributed by atoms with Gasteiger partial charge in [-0.2, -0.15) is 10.4 Å². The van der Waals surface area contributed by atoms with E-state index < -0.39 is 6.04 Å². The molecule has 2 aromatic heterocycles. The fraction of sp³-hybridized carbons (Fsp3) is 0.333. The number of halogens is 1. The number of rotatable bonds is 6. The van der Waals surface area contributed by atoms with Crippen LogP contribution in [0.25, 0.3) is 11.1 Å². The van der Waals surface area contributed by atoms with Crippen molar-refractivity contribution in [3.63, 3.8) is 0 Å². The van der Waals surface area contributed by atoms with Gasteiger partial charge in [0.05, 0.1) is 5.56 Å². The molecule has 164 valence electrons. The number of hydrogen-bond donors (Lipinski definition) is 1. The second kappa shape index (κ2) is 9.28. The van der Waals surface area contributed by atoms with E-state index in [0.29, 0.717) is 22.6 Å². The van der Waals surface area contributed by atoms with Crippen molar-refractivity contribution in [2.75, 3.05) is 18.5 Å². The Hall–Kier alpha value is -3.57. The van der Waals surface area contributed by atoms with Gasteiger partial charge in [0, 0.05) is 38.1 Å². The Balaban J connectivity index is 1.74. The predicted molar refractivity (Wildman–Crippen MR) is 120 cm³/mol. The molecule has 0 saturated carbocycles. The third-order valence-electron chi connectivity index (χ3n) is 5.87. The zero-order chi connectivity index (χ0) is 22.7. The second-order valence-corrected chi connectivity index (χ2v) is 8.07. The summed E-state index contributed by atoms with van der Waals surface area (Å²) >= 11 is 0. The van der Waals surface area contributed by atoms with Crippen LogP contribution in [0, 0.1) is 17.1 Å². The minimum absolute atomic E-state index is 0.0678. The van der Waals surface area contributed by atoms with E-state index in [-0.39, 0.29) is 17.6 Å². The van der Waals surface area contributed by atoms with Gasteiger partial charge in [0.1, 0.15) is 29.4 Å². The van der Waals surface area contributed by atoms with E-state index >= 15 is 0 Å². The second-order valence-electron chi connectivity index (χ2n) is 8.07. The number of hydrogen-bond acceptors (Lipinski definition) is 6. The lowest BCUT2D eigenvalue weighted by atomic mass is 9.91. The van der Waals surface area contributed by atoms with Crippen molar-refractivity contribution in [1.82, 2.24) is 20.1 Å². The Morgan fingerprint density at radius 2 is 2.06 bits per heavy atom. The molecule has 1 unspecified atom stereocenters. The highest BCUT2D eigenvalue weighted by Crippen LogP contribution is 2.28. The molecule has 3 aromatic rings. The van der Waals surface area contributed by atoms with Crippen LogP contribution in [-0.2, 0) is 7.05 Å². The number of aromatic nitrogens is 3. The first-order chi connectivity index (χ1) is 15.5. The van der Waals surface area contributed by atoms with Crippen LogP contribution < -0.4 is 10.2 Å². The molecule has 0 spiro atoms. The number of nitrogens with zero attached hydrogens (tertiary/aromatic N) is 5. The van der Waals surface area contributed by atoms with Crippen LogP contribution in [0.3, 0.4) is 0 Å². The highest BCUT2D eigenvalue weighted by atomic mass is 19.1. The SMILES string of the molecule is CN(c1ccc(C#N)cn1)[C@H](C(=O)c1nn(C)cc1-c1ccc(F)cc1)C1CCCCN1. The molecule has 0 radical (unpaired) electrons. The maximum absolute atomic E-state index is 13.9. The van der Waals surface area contributed by atoms with Gasteiger partial charge in [-0.25, -0.2) is 9.37 Å². The van der Waals surface area contributed by atoms with E-state index in [0.717, 1.165) is 31.4 Å². The Labute approximate surface area is 186 Å². The summed E-state index contributed by atoms with van der Waals surface area (Å²) in [5.41, 5.74) is 2.21. The average molecular weight is 433 g/mol. The summed E-state index contributed by atoms with van der Waals surface area (Å²) in [6.45, 7) is 0.843. The summed E-state index contributed by atoms with van der Waals surface area (Å²) in [4.78, 5) is 20.2. The molecule has 0 amide bonds. The summed E-state index contributed by atoms with van der Waals surface area (Å²) in [6, 6.07) is 11.0. The van der Waals surface area contributed by atoms with Gasteiger partial charge >= 0.3 is 0 Å². The molecule has 7 nitrogen and oxygen atoms in total. The summed E-state index contributed by atoms with van der Waals surface area (Å²) in [6.07, 6.45) is 6.25. The molecule has 32 heavy (non-hydrogen) atoms. The largest absolute Gasteiger partial charge is 0.348 e. The molecule has 1 aliphatic rings. The van der Waals surface area contributed by atoms with Crippen LogP contribution in [0.5, 0.6) is 0 Å². The number of piperidine rings is 1. The van der Waals surface area contributed by atoms with Crippen LogP contribution in [0.1, 0.15) is 35.3 Å². The first-order valence-corrected chi connectivity index (χ1v) is 10.6. The van der Waals surface area contributed by atoms with Crippen molar-refractivity contribution in [1.29, 1.82) is 5.26 Å². The van der Waals surface area contributed by atoms with Gasteiger partial charge in [-0.05, 0) is 49.2 Å². The Morgan fingerprint density at radius 1 is 1.28 bits per heavy atom. The number of carbonyl (C=O) groups is 1. The zero-order valence-corrected chi connectivity index (χ0v) is 18.1. The summed E-state index contributed by atoms with van der Waals surface area (Å²) in [7, 11) is 3.61. The normalized spacial score (nSPS) is 16.9. The summed E-state index contributed by atoms with van der Waals surface area (Å²) < 4.78 is 15.1. The molecule has 3 heterocycles. The van der Waals surface area contributed by atoms with Crippen LogP contribution in [-0.4, -0.2) is 46.2 Å². The minimum atomic E-state index is -0.537. The van der Waals surface area contributed by atoms with Gasteiger partial charge in [0.25, 0.3) is 0 Å². The highest BCUT2D eigenvalue weighted by Gasteiger charge is 2.36. The van der Waals surface area contributed by atoms with Gasteiger partial charge in [0.2, 0.25) is 5.78 Å². The van der Waals surface area contributed by atoms with Crippen LogP contribution in [0.15, 0.2) is 48.8 Å². The number of pyridine rings is 1. The summed E-state index contributed by atoms with van der Waals surface area (Å²) in [5.74, 6) is 0.147. The lowest BCUT2D eigenvalue weighted by molar-refractivity contribution is 0.0927. The topological polar surface area (TPSA) is 86.8 Å². The quantitative estimate of drug-likeness (QED) is 0.602. The molecule has 2 atom stereocenters. The molecule has 4 rings (SSSR count). The van der Waals surface area contributed by atoms with Gasteiger partial charge in [-0.1, -0.05) is 18.6 Å². The lowest BCUT2D eigenvalue weighted by Gasteiger charge is -2.36. The Bertz CT molecular complexity index is 1130. The number of anilines is 1. The molecular weight excluding hydrogens is 407 g/mol. The number of likely N-dealkylation sites (N-methyl/N-ethyl adjacent to an activating group) is 1. The Kier molecular flexibility index (Phi) is 6.28. The zero-order valence-electron chi connectivity index (χ0n) is 18.1. The molecular formula is C24H25FN6O. The number of ketones is 1. The first kappa shape index (κ1) is 21.7. The van der Waals surface area contributed by atoms with E-state index in [4.69, 9.17) is 5.26 Å².